The fourth-order valence-corrected chi connectivity index (χ4v) is 1.32. The van der Waals surface area contributed by atoms with Gasteiger partial charge in [0.25, 0.3) is 0 Å². The highest BCUT2D eigenvalue weighted by molar-refractivity contribution is 5.41. The van der Waals surface area contributed by atoms with Crippen molar-refractivity contribution in [1.82, 2.24) is 5.32 Å². The van der Waals surface area contributed by atoms with Crippen LogP contribution in [0.4, 0.5) is 0 Å². The predicted octanol–water partition coefficient (Wildman–Crippen LogP) is 1.55. The molecule has 0 radical (unpaired) electrons. The lowest BCUT2D eigenvalue weighted by Gasteiger charge is -2.11. The average Bonchev–Trinajstić information content (AvgIpc) is 2.18. The summed E-state index contributed by atoms with van der Waals surface area (Å²) in [5, 5.41) is 12.7. The molecule has 0 aromatic heterocycles. The monoisotopic (exact) mass is 195 g/mol. The van der Waals surface area contributed by atoms with Crippen LogP contribution in [0.5, 0.6) is 11.5 Å². The average molecular weight is 195 g/mol. The van der Waals surface area contributed by atoms with Gasteiger partial charge in [-0.3, -0.25) is 0 Å². The lowest BCUT2D eigenvalue weighted by atomic mass is 10.1. The first-order valence-corrected chi connectivity index (χ1v) is 4.70. The molecule has 0 fully saturated rings. The van der Waals surface area contributed by atoms with Crippen LogP contribution in [-0.4, -0.2) is 25.3 Å². The number of hydrogen-bond acceptors (Lipinski definition) is 3. The first-order valence-electron chi connectivity index (χ1n) is 4.70. The molecular formula is C11H17NO2. The van der Waals surface area contributed by atoms with E-state index in [0.29, 0.717) is 11.8 Å². The molecule has 0 spiro atoms. The maximum absolute atomic E-state index is 9.53. The predicted molar refractivity (Wildman–Crippen MR) is 56.9 cm³/mol. The van der Waals surface area contributed by atoms with E-state index in [-0.39, 0.29) is 5.75 Å². The first kappa shape index (κ1) is 10.9. The van der Waals surface area contributed by atoms with Crippen molar-refractivity contribution in [1.29, 1.82) is 0 Å². The van der Waals surface area contributed by atoms with E-state index in [0.717, 1.165) is 12.0 Å². The van der Waals surface area contributed by atoms with E-state index < -0.39 is 0 Å². The Kier molecular flexibility index (Phi) is 3.77. The molecule has 3 nitrogen and oxygen atoms in total. The normalized spacial score (nSPS) is 12.5. The first-order chi connectivity index (χ1) is 6.67. The Morgan fingerprint density at radius 3 is 2.71 bits per heavy atom. The number of ether oxygens (including phenoxy) is 1. The van der Waals surface area contributed by atoms with Crippen molar-refractivity contribution < 1.29 is 9.84 Å². The molecule has 78 valence electrons. The van der Waals surface area contributed by atoms with Gasteiger partial charge in [0.15, 0.2) is 11.5 Å². The third-order valence-corrected chi connectivity index (χ3v) is 2.28. The van der Waals surface area contributed by atoms with Crippen molar-refractivity contribution in [3.8, 4) is 11.5 Å². The summed E-state index contributed by atoms with van der Waals surface area (Å²) in [5.74, 6) is 0.721. The zero-order chi connectivity index (χ0) is 10.6. The van der Waals surface area contributed by atoms with Crippen LogP contribution in [0.1, 0.15) is 12.5 Å². The molecule has 1 aromatic rings. The zero-order valence-corrected chi connectivity index (χ0v) is 8.87. The summed E-state index contributed by atoms with van der Waals surface area (Å²) < 4.78 is 4.97. The largest absolute Gasteiger partial charge is 0.504 e. The highest BCUT2D eigenvalue weighted by Crippen LogP contribution is 2.26. The van der Waals surface area contributed by atoms with Crippen molar-refractivity contribution in [2.45, 2.75) is 19.4 Å². The molecule has 0 aliphatic heterocycles. The number of benzene rings is 1. The van der Waals surface area contributed by atoms with E-state index in [2.05, 4.69) is 12.2 Å². The minimum Gasteiger partial charge on any atom is -0.504 e. The number of nitrogens with one attached hydrogen (secondary N) is 1. The van der Waals surface area contributed by atoms with Gasteiger partial charge in [-0.1, -0.05) is 6.07 Å². The Labute approximate surface area is 84.7 Å². The van der Waals surface area contributed by atoms with Crippen LogP contribution >= 0.6 is 0 Å². The number of rotatable bonds is 4. The van der Waals surface area contributed by atoms with Crippen LogP contribution in [0, 0.1) is 0 Å². The summed E-state index contributed by atoms with van der Waals surface area (Å²) in [6, 6.07) is 5.90. The van der Waals surface area contributed by atoms with Gasteiger partial charge in [0, 0.05) is 6.04 Å². The van der Waals surface area contributed by atoms with Crippen molar-refractivity contribution in [3.63, 3.8) is 0 Å². The molecule has 0 bridgehead atoms. The molecule has 2 N–H and O–H groups in total. The van der Waals surface area contributed by atoms with Crippen molar-refractivity contribution >= 4 is 0 Å². The lowest BCUT2D eigenvalue weighted by Crippen LogP contribution is -2.23. The number of phenolic OH excluding ortho intramolecular Hbond substituents is 1. The van der Waals surface area contributed by atoms with E-state index >= 15 is 0 Å². The molecule has 14 heavy (non-hydrogen) atoms. The third-order valence-electron chi connectivity index (χ3n) is 2.28. The second kappa shape index (κ2) is 4.86. The Hall–Kier alpha value is -1.22. The second-order valence-electron chi connectivity index (χ2n) is 3.40. The lowest BCUT2D eigenvalue weighted by molar-refractivity contribution is 0.373. The molecule has 1 atom stereocenters. The molecule has 3 heteroatoms. The summed E-state index contributed by atoms with van der Waals surface area (Å²) in [7, 11) is 3.47. The second-order valence-corrected chi connectivity index (χ2v) is 3.40. The molecule has 1 rings (SSSR count). The van der Waals surface area contributed by atoms with E-state index in [1.54, 1.807) is 19.2 Å². The van der Waals surface area contributed by atoms with Gasteiger partial charge in [-0.15, -0.1) is 0 Å². The summed E-state index contributed by atoms with van der Waals surface area (Å²) >= 11 is 0. The molecule has 0 saturated carbocycles. The van der Waals surface area contributed by atoms with Gasteiger partial charge in [-0.2, -0.15) is 0 Å². The number of phenols is 1. The van der Waals surface area contributed by atoms with Gasteiger partial charge in [-0.05, 0) is 38.1 Å². The van der Waals surface area contributed by atoms with Gasteiger partial charge in [0.2, 0.25) is 0 Å². The maximum atomic E-state index is 9.53. The maximum Gasteiger partial charge on any atom is 0.160 e. The van der Waals surface area contributed by atoms with Crippen molar-refractivity contribution in [2.24, 2.45) is 0 Å². The molecule has 1 aromatic carbocycles. The number of likely N-dealkylation sites (N-methyl/N-ethyl adjacent to an activating group) is 1. The van der Waals surface area contributed by atoms with E-state index in [9.17, 15) is 5.11 Å². The molecule has 0 aliphatic rings. The fraction of sp³-hybridized carbons (Fsp3) is 0.455. The quantitative estimate of drug-likeness (QED) is 0.766. The molecule has 0 saturated heterocycles. The third kappa shape index (κ3) is 2.64. The van der Waals surface area contributed by atoms with Gasteiger partial charge >= 0.3 is 0 Å². The Bertz CT molecular complexity index is 299. The van der Waals surface area contributed by atoms with Gasteiger partial charge < -0.3 is 15.2 Å². The van der Waals surface area contributed by atoms with Crippen LogP contribution < -0.4 is 10.1 Å². The summed E-state index contributed by atoms with van der Waals surface area (Å²) in [5.41, 5.74) is 1.10. The SMILES string of the molecule is CNC(C)Cc1ccc(OC)c(O)c1. The summed E-state index contributed by atoms with van der Waals surface area (Å²) in [6.07, 6.45) is 0.897. The van der Waals surface area contributed by atoms with E-state index in [1.807, 2.05) is 13.1 Å². The van der Waals surface area contributed by atoms with Crippen molar-refractivity contribution in [3.05, 3.63) is 23.8 Å². The summed E-state index contributed by atoms with van der Waals surface area (Å²) in [4.78, 5) is 0. The van der Waals surface area contributed by atoms with Crippen LogP contribution in [0.25, 0.3) is 0 Å². The summed E-state index contributed by atoms with van der Waals surface area (Å²) in [6.45, 7) is 2.10. The molecule has 0 amide bonds. The van der Waals surface area contributed by atoms with Gasteiger partial charge in [0.1, 0.15) is 0 Å². The Morgan fingerprint density at radius 2 is 2.21 bits per heavy atom. The Morgan fingerprint density at radius 1 is 1.50 bits per heavy atom. The molecule has 0 heterocycles. The number of hydrogen-bond donors (Lipinski definition) is 2. The minimum absolute atomic E-state index is 0.202. The van der Waals surface area contributed by atoms with Crippen LogP contribution in [0.3, 0.4) is 0 Å². The standard InChI is InChI=1S/C11H17NO2/c1-8(12-2)6-9-4-5-11(14-3)10(13)7-9/h4-5,7-8,12-13H,6H2,1-3H3. The van der Waals surface area contributed by atoms with Crippen molar-refractivity contribution in [2.75, 3.05) is 14.2 Å². The highest BCUT2D eigenvalue weighted by atomic mass is 16.5. The van der Waals surface area contributed by atoms with Gasteiger partial charge in [0.05, 0.1) is 7.11 Å². The van der Waals surface area contributed by atoms with E-state index in [4.69, 9.17) is 4.74 Å². The number of methoxy groups -OCH3 is 1. The smallest absolute Gasteiger partial charge is 0.160 e. The minimum atomic E-state index is 0.202. The van der Waals surface area contributed by atoms with E-state index in [1.165, 1.54) is 0 Å². The topological polar surface area (TPSA) is 41.5 Å². The van der Waals surface area contributed by atoms with Crippen LogP contribution in [-0.2, 0) is 6.42 Å². The van der Waals surface area contributed by atoms with Crippen LogP contribution in [0.15, 0.2) is 18.2 Å². The fourth-order valence-electron chi connectivity index (χ4n) is 1.32. The highest BCUT2D eigenvalue weighted by Gasteiger charge is 2.04. The molecule has 1 unspecified atom stereocenters. The zero-order valence-electron chi connectivity index (χ0n) is 8.87. The van der Waals surface area contributed by atoms with Crippen LogP contribution in [0.2, 0.25) is 0 Å². The number of aromatic hydroxyl groups is 1. The molecular weight excluding hydrogens is 178 g/mol. The van der Waals surface area contributed by atoms with Gasteiger partial charge in [-0.25, -0.2) is 0 Å². The Balaban J connectivity index is 2.76. The molecule has 0 aliphatic carbocycles.